The summed E-state index contributed by atoms with van der Waals surface area (Å²) >= 11 is 0. The SMILES string of the molecule is CNC(=O)c1cccc(NC(=O)/C=C/c2ccc(OC)c(OC)c2)c1. The van der Waals surface area contributed by atoms with Crippen LogP contribution < -0.4 is 20.1 Å². The van der Waals surface area contributed by atoms with E-state index in [1.165, 1.54) is 6.08 Å². The van der Waals surface area contributed by atoms with Gasteiger partial charge in [-0.25, -0.2) is 0 Å². The van der Waals surface area contributed by atoms with Crippen molar-refractivity contribution in [3.05, 3.63) is 59.7 Å². The molecule has 6 nitrogen and oxygen atoms in total. The highest BCUT2D eigenvalue weighted by Gasteiger charge is 2.06. The van der Waals surface area contributed by atoms with Crippen LogP contribution >= 0.6 is 0 Å². The molecule has 2 aromatic carbocycles. The van der Waals surface area contributed by atoms with Gasteiger partial charge in [0.25, 0.3) is 5.91 Å². The van der Waals surface area contributed by atoms with E-state index in [-0.39, 0.29) is 11.8 Å². The molecule has 0 saturated carbocycles. The summed E-state index contributed by atoms with van der Waals surface area (Å²) in [6.07, 6.45) is 3.08. The molecule has 0 radical (unpaired) electrons. The molecule has 0 fully saturated rings. The first-order valence-corrected chi connectivity index (χ1v) is 7.60. The maximum absolute atomic E-state index is 12.1. The van der Waals surface area contributed by atoms with Crippen LogP contribution in [0.5, 0.6) is 11.5 Å². The lowest BCUT2D eigenvalue weighted by atomic mass is 10.1. The zero-order chi connectivity index (χ0) is 18.2. The van der Waals surface area contributed by atoms with Gasteiger partial charge >= 0.3 is 0 Å². The van der Waals surface area contributed by atoms with Gasteiger partial charge in [0.15, 0.2) is 11.5 Å². The van der Waals surface area contributed by atoms with Crippen LogP contribution in [-0.4, -0.2) is 33.1 Å². The number of carbonyl (C=O) groups is 2. The van der Waals surface area contributed by atoms with Crippen molar-refractivity contribution >= 4 is 23.6 Å². The van der Waals surface area contributed by atoms with Gasteiger partial charge < -0.3 is 20.1 Å². The van der Waals surface area contributed by atoms with Crippen LogP contribution in [-0.2, 0) is 4.79 Å². The zero-order valence-corrected chi connectivity index (χ0v) is 14.3. The minimum Gasteiger partial charge on any atom is -0.493 e. The second kappa shape index (κ2) is 8.54. The third kappa shape index (κ3) is 4.84. The van der Waals surface area contributed by atoms with E-state index in [0.717, 1.165) is 5.56 Å². The van der Waals surface area contributed by atoms with Crippen molar-refractivity contribution in [3.63, 3.8) is 0 Å². The fourth-order valence-electron chi connectivity index (χ4n) is 2.19. The molecule has 0 aromatic heterocycles. The number of hydrogen-bond acceptors (Lipinski definition) is 4. The zero-order valence-electron chi connectivity index (χ0n) is 14.3. The Bertz CT molecular complexity index is 800. The molecule has 0 aliphatic carbocycles. The van der Waals surface area contributed by atoms with Gasteiger partial charge in [0.2, 0.25) is 5.91 Å². The van der Waals surface area contributed by atoms with Gasteiger partial charge in [0.1, 0.15) is 0 Å². The van der Waals surface area contributed by atoms with Crippen molar-refractivity contribution in [3.8, 4) is 11.5 Å². The third-order valence-corrected chi connectivity index (χ3v) is 3.45. The van der Waals surface area contributed by atoms with E-state index in [1.54, 1.807) is 63.7 Å². The number of anilines is 1. The fraction of sp³-hybridized carbons (Fsp3) is 0.158. The number of rotatable bonds is 6. The summed E-state index contributed by atoms with van der Waals surface area (Å²) in [7, 11) is 4.67. The van der Waals surface area contributed by atoms with Gasteiger partial charge in [-0.1, -0.05) is 12.1 Å². The monoisotopic (exact) mass is 340 g/mol. The van der Waals surface area contributed by atoms with Crippen LogP contribution in [0, 0.1) is 0 Å². The average Bonchev–Trinajstić information content (AvgIpc) is 2.65. The molecule has 0 bridgehead atoms. The molecule has 0 spiro atoms. The predicted molar refractivity (Wildman–Crippen MR) is 97.0 cm³/mol. The summed E-state index contributed by atoms with van der Waals surface area (Å²) in [4.78, 5) is 23.7. The largest absolute Gasteiger partial charge is 0.493 e. The molecular formula is C19H20N2O4. The van der Waals surface area contributed by atoms with Crippen molar-refractivity contribution in [2.75, 3.05) is 26.6 Å². The van der Waals surface area contributed by atoms with Crippen molar-refractivity contribution in [1.29, 1.82) is 0 Å². The molecule has 25 heavy (non-hydrogen) atoms. The van der Waals surface area contributed by atoms with E-state index in [0.29, 0.717) is 22.7 Å². The molecule has 6 heteroatoms. The Morgan fingerprint density at radius 1 is 1.00 bits per heavy atom. The summed E-state index contributed by atoms with van der Waals surface area (Å²) in [5.74, 6) is 0.694. The second-order valence-electron chi connectivity index (χ2n) is 5.10. The van der Waals surface area contributed by atoms with Gasteiger partial charge in [0.05, 0.1) is 14.2 Å². The van der Waals surface area contributed by atoms with E-state index in [9.17, 15) is 9.59 Å². The van der Waals surface area contributed by atoms with E-state index in [4.69, 9.17) is 9.47 Å². The molecule has 0 aliphatic rings. The smallest absolute Gasteiger partial charge is 0.251 e. The lowest BCUT2D eigenvalue weighted by molar-refractivity contribution is -0.111. The van der Waals surface area contributed by atoms with Crippen molar-refractivity contribution in [2.45, 2.75) is 0 Å². The van der Waals surface area contributed by atoms with E-state index in [2.05, 4.69) is 10.6 Å². The second-order valence-corrected chi connectivity index (χ2v) is 5.10. The Morgan fingerprint density at radius 2 is 1.76 bits per heavy atom. The minimum atomic E-state index is -0.302. The summed E-state index contributed by atoms with van der Waals surface area (Å²) in [6.45, 7) is 0. The maximum Gasteiger partial charge on any atom is 0.251 e. The number of hydrogen-bond donors (Lipinski definition) is 2. The topological polar surface area (TPSA) is 76.7 Å². The van der Waals surface area contributed by atoms with Crippen molar-refractivity contribution < 1.29 is 19.1 Å². The Labute approximate surface area is 146 Å². The van der Waals surface area contributed by atoms with Crippen LogP contribution in [0.3, 0.4) is 0 Å². The first kappa shape index (κ1) is 18.1. The molecule has 130 valence electrons. The molecule has 0 atom stereocenters. The number of carbonyl (C=O) groups excluding carboxylic acids is 2. The summed E-state index contributed by atoms with van der Waals surface area (Å²) in [6, 6.07) is 12.1. The summed E-state index contributed by atoms with van der Waals surface area (Å²) in [5.41, 5.74) is 1.82. The lowest BCUT2D eigenvalue weighted by Gasteiger charge is -2.07. The highest BCUT2D eigenvalue weighted by atomic mass is 16.5. The Balaban J connectivity index is 2.07. The van der Waals surface area contributed by atoms with Gasteiger partial charge in [0, 0.05) is 24.4 Å². The van der Waals surface area contributed by atoms with Crippen LogP contribution in [0.15, 0.2) is 48.5 Å². The Morgan fingerprint density at radius 3 is 2.44 bits per heavy atom. The number of nitrogens with one attached hydrogen (secondary N) is 2. The van der Waals surface area contributed by atoms with Gasteiger partial charge in [-0.2, -0.15) is 0 Å². The quantitative estimate of drug-likeness (QED) is 0.793. The number of methoxy groups -OCH3 is 2. The number of benzene rings is 2. The van der Waals surface area contributed by atoms with Crippen molar-refractivity contribution in [1.82, 2.24) is 5.32 Å². The number of amides is 2. The molecule has 2 rings (SSSR count). The highest BCUT2D eigenvalue weighted by molar-refractivity contribution is 6.03. The molecule has 0 heterocycles. The minimum absolute atomic E-state index is 0.211. The molecule has 0 unspecified atom stereocenters. The van der Waals surface area contributed by atoms with Gasteiger partial charge in [-0.3, -0.25) is 9.59 Å². The van der Waals surface area contributed by atoms with E-state index in [1.807, 2.05) is 6.07 Å². The van der Waals surface area contributed by atoms with Gasteiger partial charge in [-0.15, -0.1) is 0 Å². The van der Waals surface area contributed by atoms with Gasteiger partial charge in [-0.05, 0) is 42.0 Å². The van der Waals surface area contributed by atoms with Crippen molar-refractivity contribution in [2.24, 2.45) is 0 Å². The Hall–Kier alpha value is -3.28. The van der Waals surface area contributed by atoms with Crippen LogP contribution in [0.1, 0.15) is 15.9 Å². The molecule has 2 aromatic rings. The molecular weight excluding hydrogens is 320 g/mol. The van der Waals surface area contributed by atoms with Crippen LogP contribution in [0.2, 0.25) is 0 Å². The summed E-state index contributed by atoms with van der Waals surface area (Å²) in [5, 5.41) is 5.26. The van der Waals surface area contributed by atoms with Crippen LogP contribution in [0.4, 0.5) is 5.69 Å². The molecule has 0 aliphatic heterocycles. The lowest BCUT2D eigenvalue weighted by Crippen LogP contribution is -2.18. The average molecular weight is 340 g/mol. The standard InChI is InChI=1S/C19H20N2O4/c1-20-19(23)14-5-4-6-15(12-14)21-18(22)10-8-13-7-9-16(24-2)17(11-13)25-3/h4-12H,1-3H3,(H,20,23)(H,21,22)/b10-8+. The van der Waals surface area contributed by atoms with E-state index < -0.39 is 0 Å². The first-order valence-electron chi connectivity index (χ1n) is 7.60. The normalized spacial score (nSPS) is 10.4. The third-order valence-electron chi connectivity index (χ3n) is 3.45. The highest BCUT2D eigenvalue weighted by Crippen LogP contribution is 2.27. The van der Waals surface area contributed by atoms with E-state index >= 15 is 0 Å². The molecule has 0 saturated heterocycles. The predicted octanol–water partition coefficient (Wildman–Crippen LogP) is 2.72. The fourth-order valence-corrected chi connectivity index (χ4v) is 2.19. The summed E-state index contributed by atoms with van der Waals surface area (Å²) < 4.78 is 10.4. The molecule has 2 amide bonds. The molecule has 2 N–H and O–H groups in total. The maximum atomic E-state index is 12.1. The Kier molecular flexibility index (Phi) is 6.17. The van der Waals surface area contributed by atoms with Crippen LogP contribution in [0.25, 0.3) is 6.08 Å². The number of ether oxygens (including phenoxy) is 2. The first-order chi connectivity index (χ1) is 12.1.